The first kappa shape index (κ1) is 20.4. The molecule has 0 radical (unpaired) electrons. The third kappa shape index (κ3) is 5.57. The van der Waals surface area contributed by atoms with Crippen LogP contribution in [0.5, 0.6) is 11.5 Å². The Balaban J connectivity index is 1.50. The maximum Gasteiger partial charge on any atom is 0.264 e. The monoisotopic (exact) mass is 395 g/mol. The van der Waals surface area contributed by atoms with Crippen LogP contribution in [0, 0.1) is 13.8 Å². The van der Waals surface area contributed by atoms with E-state index in [1.165, 1.54) is 0 Å². The summed E-state index contributed by atoms with van der Waals surface area (Å²) in [5, 5.41) is 3.97. The van der Waals surface area contributed by atoms with Crippen LogP contribution in [0.2, 0.25) is 0 Å². The summed E-state index contributed by atoms with van der Waals surface area (Å²) in [6.45, 7) is 4.72. The molecule has 152 valence electrons. The van der Waals surface area contributed by atoms with Crippen molar-refractivity contribution in [3.63, 3.8) is 0 Å². The second-order valence-corrected chi connectivity index (χ2v) is 6.92. The minimum absolute atomic E-state index is 0.0745. The van der Waals surface area contributed by atoms with Crippen LogP contribution in [0.4, 0.5) is 0 Å². The number of hydrogen-bond acceptors (Lipinski definition) is 6. The number of rotatable bonds is 8. The van der Waals surface area contributed by atoms with Gasteiger partial charge in [0.25, 0.3) is 11.8 Å². The highest BCUT2D eigenvalue weighted by atomic mass is 16.5. The van der Waals surface area contributed by atoms with Gasteiger partial charge in [-0.1, -0.05) is 11.2 Å². The zero-order valence-electron chi connectivity index (χ0n) is 17.1. The fourth-order valence-corrected chi connectivity index (χ4v) is 2.93. The predicted molar refractivity (Wildman–Crippen MR) is 108 cm³/mol. The van der Waals surface area contributed by atoms with E-state index in [0.29, 0.717) is 36.0 Å². The quantitative estimate of drug-likeness (QED) is 0.580. The van der Waals surface area contributed by atoms with Gasteiger partial charge >= 0.3 is 0 Å². The number of nitrogens with zero attached hydrogens (tertiary/aromatic N) is 3. The van der Waals surface area contributed by atoms with Crippen LogP contribution in [0.1, 0.15) is 33.2 Å². The third-order valence-corrected chi connectivity index (χ3v) is 4.42. The molecular formula is C22H25N3O4. The molecule has 0 saturated heterocycles. The summed E-state index contributed by atoms with van der Waals surface area (Å²) in [5.41, 5.74) is 2.87. The Bertz CT molecular complexity index is 946. The van der Waals surface area contributed by atoms with Gasteiger partial charge in [-0.3, -0.25) is 4.79 Å². The second kappa shape index (κ2) is 9.23. The number of ether oxygens (including phenoxy) is 2. The van der Waals surface area contributed by atoms with E-state index in [0.717, 1.165) is 16.9 Å². The molecule has 0 aliphatic rings. The average molecular weight is 395 g/mol. The molecule has 0 N–H and O–H groups in total. The molecule has 0 fully saturated rings. The van der Waals surface area contributed by atoms with Gasteiger partial charge in [0.1, 0.15) is 11.5 Å². The highest BCUT2D eigenvalue weighted by molar-refractivity contribution is 5.94. The molecule has 0 aliphatic heterocycles. The fourth-order valence-electron chi connectivity index (χ4n) is 2.93. The van der Waals surface area contributed by atoms with Crippen LogP contribution >= 0.6 is 0 Å². The van der Waals surface area contributed by atoms with Crippen molar-refractivity contribution >= 4 is 5.91 Å². The lowest BCUT2D eigenvalue weighted by molar-refractivity contribution is 0.0795. The van der Waals surface area contributed by atoms with Gasteiger partial charge in [0.15, 0.2) is 12.4 Å². The smallest absolute Gasteiger partial charge is 0.264 e. The standard InChI is InChI=1S/C22H25N3O4/c1-15-11-16(2)13-19(12-15)28-14-21-23-20(24-29-21)9-10-25(3)22(26)17-5-7-18(27-4)8-6-17/h5-8,11-13H,9-10,14H2,1-4H3. The van der Waals surface area contributed by atoms with Crippen molar-refractivity contribution < 1.29 is 18.8 Å². The topological polar surface area (TPSA) is 77.7 Å². The van der Waals surface area contributed by atoms with Crippen molar-refractivity contribution in [2.75, 3.05) is 20.7 Å². The Morgan fingerprint density at radius 3 is 2.41 bits per heavy atom. The molecule has 29 heavy (non-hydrogen) atoms. The summed E-state index contributed by atoms with van der Waals surface area (Å²) in [4.78, 5) is 18.5. The van der Waals surface area contributed by atoms with Gasteiger partial charge in [-0.05, 0) is 61.4 Å². The molecule has 7 heteroatoms. The lowest BCUT2D eigenvalue weighted by Crippen LogP contribution is -2.29. The number of benzene rings is 2. The maximum absolute atomic E-state index is 12.5. The maximum atomic E-state index is 12.5. The van der Waals surface area contributed by atoms with Gasteiger partial charge in [0.2, 0.25) is 0 Å². The summed E-state index contributed by atoms with van der Waals surface area (Å²) >= 11 is 0. The number of methoxy groups -OCH3 is 1. The Hall–Kier alpha value is -3.35. The molecule has 0 bridgehead atoms. The van der Waals surface area contributed by atoms with Crippen LogP contribution in [0.15, 0.2) is 47.0 Å². The number of hydrogen-bond donors (Lipinski definition) is 0. The Labute approximate surface area is 170 Å². The number of aryl methyl sites for hydroxylation is 2. The SMILES string of the molecule is COc1ccc(C(=O)N(C)CCc2noc(COc3cc(C)cc(C)c3)n2)cc1. The molecule has 7 nitrogen and oxygen atoms in total. The molecule has 1 amide bonds. The van der Waals surface area contributed by atoms with E-state index in [-0.39, 0.29) is 12.5 Å². The van der Waals surface area contributed by atoms with Crippen LogP contribution in [0.25, 0.3) is 0 Å². The van der Waals surface area contributed by atoms with Crippen molar-refractivity contribution in [3.05, 3.63) is 70.9 Å². The zero-order chi connectivity index (χ0) is 20.8. The number of carbonyl (C=O) groups excluding carboxylic acids is 1. The summed E-state index contributed by atoms with van der Waals surface area (Å²) in [7, 11) is 3.34. The van der Waals surface area contributed by atoms with E-state index in [9.17, 15) is 4.79 Å². The van der Waals surface area contributed by atoms with E-state index in [1.54, 1.807) is 43.3 Å². The third-order valence-electron chi connectivity index (χ3n) is 4.42. The largest absolute Gasteiger partial charge is 0.497 e. The van der Waals surface area contributed by atoms with Crippen molar-refractivity contribution in [3.8, 4) is 11.5 Å². The molecule has 0 atom stereocenters. The number of carbonyl (C=O) groups is 1. The Morgan fingerprint density at radius 1 is 1.07 bits per heavy atom. The highest BCUT2D eigenvalue weighted by Gasteiger charge is 2.14. The predicted octanol–water partition coefficient (Wildman–Crippen LogP) is 3.59. The molecular weight excluding hydrogens is 370 g/mol. The van der Waals surface area contributed by atoms with E-state index in [4.69, 9.17) is 14.0 Å². The van der Waals surface area contributed by atoms with Gasteiger partial charge in [-0.2, -0.15) is 4.98 Å². The first-order chi connectivity index (χ1) is 13.9. The first-order valence-corrected chi connectivity index (χ1v) is 9.36. The van der Waals surface area contributed by atoms with E-state index in [2.05, 4.69) is 16.2 Å². The van der Waals surface area contributed by atoms with Crippen molar-refractivity contribution in [2.45, 2.75) is 26.9 Å². The minimum atomic E-state index is -0.0745. The van der Waals surface area contributed by atoms with Gasteiger partial charge < -0.3 is 18.9 Å². The molecule has 1 heterocycles. The summed E-state index contributed by atoms with van der Waals surface area (Å²) in [6, 6.07) is 13.0. The van der Waals surface area contributed by atoms with Crippen LogP contribution < -0.4 is 9.47 Å². The van der Waals surface area contributed by atoms with E-state index < -0.39 is 0 Å². The number of aromatic nitrogens is 2. The van der Waals surface area contributed by atoms with Gasteiger partial charge in [-0.15, -0.1) is 0 Å². The molecule has 0 spiro atoms. The number of amides is 1. The summed E-state index contributed by atoms with van der Waals surface area (Å²) in [6.07, 6.45) is 0.492. The van der Waals surface area contributed by atoms with Crippen molar-refractivity contribution in [2.24, 2.45) is 0 Å². The Kier molecular flexibility index (Phi) is 6.49. The van der Waals surface area contributed by atoms with Gasteiger partial charge in [0.05, 0.1) is 7.11 Å². The molecule has 2 aromatic carbocycles. The average Bonchev–Trinajstić information content (AvgIpc) is 3.17. The first-order valence-electron chi connectivity index (χ1n) is 9.36. The van der Waals surface area contributed by atoms with Crippen LogP contribution in [0.3, 0.4) is 0 Å². The minimum Gasteiger partial charge on any atom is -0.497 e. The summed E-state index contributed by atoms with van der Waals surface area (Å²) in [5.74, 6) is 2.36. The lowest BCUT2D eigenvalue weighted by atomic mass is 10.1. The molecule has 1 aromatic heterocycles. The molecule has 3 rings (SSSR count). The molecule has 0 aliphatic carbocycles. The molecule has 3 aromatic rings. The normalized spacial score (nSPS) is 10.6. The second-order valence-electron chi connectivity index (χ2n) is 6.92. The van der Waals surface area contributed by atoms with Gasteiger partial charge in [-0.25, -0.2) is 0 Å². The summed E-state index contributed by atoms with van der Waals surface area (Å²) < 4.78 is 16.1. The lowest BCUT2D eigenvalue weighted by Gasteiger charge is -2.16. The van der Waals surface area contributed by atoms with Gasteiger partial charge in [0, 0.05) is 25.6 Å². The Morgan fingerprint density at radius 2 is 1.76 bits per heavy atom. The van der Waals surface area contributed by atoms with E-state index in [1.807, 2.05) is 26.0 Å². The van der Waals surface area contributed by atoms with Crippen LogP contribution in [-0.2, 0) is 13.0 Å². The van der Waals surface area contributed by atoms with Crippen molar-refractivity contribution in [1.29, 1.82) is 0 Å². The zero-order valence-corrected chi connectivity index (χ0v) is 17.1. The highest BCUT2D eigenvalue weighted by Crippen LogP contribution is 2.17. The van der Waals surface area contributed by atoms with E-state index >= 15 is 0 Å². The van der Waals surface area contributed by atoms with Crippen molar-refractivity contribution in [1.82, 2.24) is 15.0 Å². The molecule has 0 unspecified atom stereocenters. The number of likely N-dealkylation sites (N-methyl/N-ethyl adjacent to an activating group) is 1. The fraction of sp³-hybridized carbons (Fsp3) is 0.318. The molecule has 0 saturated carbocycles. The van der Waals surface area contributed by atoms with Crippen LogP contribution in [-0.4, -0.2) is 41.6 Å².